The summed E-state index contributed by atoms with van der Waals surface area (Å²) in [7, 11) is -3.96. The van der Waals surface area contributed by atoms with Gasteiger partial charge in [-0.3, -0.25) is 19.6 Å². The SMILES string of the molecule is O=C(Nc1ccc(S(=O)(=O)Nc2cccc(Cl)c2Cl)cc1)c1ccc([N+](=O)[O-])cc1Cl. The number of benzene rings is 3. The molecule has 0 spiro atoms. The Kier molecular flexibility index (Phi) is 6.71. The van der Waals surface area contributed by atoms with E-state index in [2.05, 4.69) is 10.0 Å². The summed E-state index contributed by atoms with van der Waals surface area (Å²) in [5.74, 6) is -0.612. The van der Waals surface area contributed by atoms with E-state index in [1.807, 2.05) is 0 Å². The fraction of sp³-hybridized carbons (Fsp3) is 0. The van der Waals surface area contributed by atoms with Gasteiger partial charge < -0.3 is 5.32 Å². The van der Waals surface area contributed by atoms with E-state index in [0.29, 0.717) is 5.69 Å². The van der Waals surface area contributed by atoms with E-state index in [9.17, 15) is 23.3 Å². The van der Waals surface area contributed by atoms with Gasteiger partial charge in [0.25, 0.3) is 21.6 Å². The van der Waals surface area contributed by atoms with Crippen LogP contribution in [0.2, 0.25) is 15.1 Å². The minimum Gasteiger partial charge on any atom is -0.322 e. The lowest BCUT2D eigenvalue weighted by atomic mass is 10.2. The van der Waals surface area contributed by atoms with Gasteiger partial charge in [-0.05, 0) is 42.5 Å². The Morgan fingerprint density at radius 2 is 1.61 bits per heavy atom. The zero-order valence-electron chi connectivity index (χ0n) is 15.3. The van der Waals surface area contributed by atoms with Gasteiger partial charge in [-0.1, -0.05) is 40.9 Å². The van der Waals surface area contributed by atoms with Gasteiger partial charge >= 0.3 is 0 Å². The summed E-state index contributed by atoms with van der Waals surface area (Å²) in [6.45, 7) is 0. The van der Waals surface area contributed by atoms with Crippen molar-refractivity contribution < 1.29 is 18.1 Å². The third-order valence-corrected chi connectivity index (χ3v) is 6.54. The number of nitrogens with one attached hydrogen (secondary N) is 2. The number of hydrogen-bond donors (Lipinski definition) is 2. The molecule has 0 aliphatic carbocycles. The molecule has 0 heterocycles. The smallest absolute Gasteiger partial charge is 0.270 e. The van der Waals surface area contributed by atoms with Crippen LogP contribution in [0.4, 0.5) is 17.1 Å². The van der Waals surface area contributed by atoms with E-state index in [4.69, 9.17) is 34.8 Å². The number of amides is 1. The highest BCUT2D eigenvalue weighted by molar-refractivity contribution is 7.92. The maximum atomic E-state index is 12.6. The van der Waals surface area contributed by atoms with Gasteiger partial charge in [0.15, 0.2) is 0 Å². The average Bonchev–Trinajstić information content (AvgIpc) is 2.71. The van der Waals surface area contributed by atoms with E-state index < -0.39 is 20.9 Å². The molecule has 3 aromatic carbocycles. The van der Waals surface area contributed by atoms with Crippen molar-refractivity contribution in [3.8, 4) is 0 Å². The third kappa shape index (κ3) is 5.26. The quantitative estimate of drug-likeness (QED) is 0.337. The van der Waals surface area contributed by atoms with Crippen molar-refractivity contribution in [3.63, 3.8) is 0 Å². The molecule has 0 aliphatic rings. The van der Waals surface area contributed by atoms with Crippen molar-refractivity contribution in [2.45, 2.75) is 4.90 Å². The average molecular weight is 501 g/mol. The highest BCUT2D eigenvalue weighted by atomic mass is 35.5. The number of nitrogens with zero attached hydrogens (tertiary/aromatic N) is 1. The van der Waals surface area contributed by atoms with Crippen LogP contribution in [0.15, 0.2) is 65.6 Å². The highest BCUT2D eigenvalue weighted by Crippen LogP contribution is 2.31. The molecule has 0 saturated carbocycles. The first-order valence-electron chi connectivity index (χ1n) is 8.40. The molecular weight excluding hydrogens is 489 g/mol. The first-order valence-corrected chi connectivity index (χ1v) is 11.0. The van der Waals surface area contributed by atoms with Crippen LogP contribution in [-0.4, -0.2) is 19.2 Å². The van der Waals surface area contributed by atoms with Crippen molar-refractivity contribution in [3.05, 3.63) is 91.4 Å². The number of carbonyl (C=O) groups excluding carboxylic acids is 1. The summed E-state index contributed by atoms with van der Waals surface area (Å²) >= 11 is 17.9. The molecular formula is C19H12Cl3N3O5S. The molecule has 0 saturated heterocycles. The zero-order chi connectivity index (χ0) is 22.8. The van der Waals surface area contributed by atoms with Gasteiger partial charge in [-0.15, -0.1) is 0 Å². The molecule has 0 radical (unpaired) electrons. The predicted octanol–water partition coefficient (Wildman–Crippen LogP) is 5.61. The van der Waals surface area contributed by atoms with Crippen molar-refractivity contribution in [2.24, 2.45) is 0 Å². The summed E-state index contributed by atoms with van der Waals surface area (Å²) in [5, 5.41) is 13.5. The molecule has 8 nitrogen and oxygen atoms in total. The Balaban J connectivity index is 1.76. The second-order valence-electron chi connectivity index (χ2n) is 6.11. The number of sulfonamides is 1. The van der Waals surface area contributed by atoms with Crippen molar-refractivity contribution >= 4 is 67.8 Å². The molecule has 12 heteroatoms. The zero-order valence-corrected chi connectivity index (χ0v) is 18.4. The first-order chi connectivity index (χ1) is 14.6. The molecule has 1 amide bonds. The molecule has 3 aromatic rings. The van der Waals surface area contributed by atoms with Crippen LogP contribution in [0.1, 0.15) is 10.4 Å². The fourth-order valence-electron chi connectivity index (χ4n) is 2.50. The standard InChI is InChI=1S/C19H12Cl3N3O5S/c20-15-2-1-3-17(18(15)22)24-31(29,30)13-7-4-11(5-8-13)23-19(26)14-9-6-12(25(27)28)10-16(14)21/h1-10,24H,(H,23,26). The van der Waals surface area contributed by atoms with E-state index in [1.54, 1.807) is 6.07 Å². The third-order valence-electron chi connectivity index (χ3n) is 4.03. The topological polar surface area (TPSA) is 118 Å². The Morgan fingerprint density at radius 1 is 0.935 bits per heavy atom. The van der Waals surface area contributed by atoms with Crippen LogP contribution >= 0.6 is 34.8 Å². The molecule has 160 valence electrons. The van der Waals surface area contributed by atoms with Crippen LogP contribution in [0.5, 0.6) is 0 Å². The Labute approximate surface area is 191 Å². The largest absolute Gasteiger partial charge is 0.322 e. The molecule has 0 bridgehead atoms. The maximum absolute atomic E-state index is 12.6. The summed E-state index contributed by atoms with van der Waals surface area (Å²) in [6.07, 6.45) is 0. The molecule has 0 unspecified atom stereocenters. The van der Waals surface area contributed by atoms with Gasteiger partial charge in [-0.25, -0.2) is 8.42 Å². The molecule has 0 aromatic heterocycles. The summed E-state index contributed by atoms with van der Waals surface area (Å²) in [4.78, 5) is 22.5. The summed E-state index contributed by atoms with van der Waals surface area (Å²) < 4.78 is 27.5. The van der Waals surface area contributed by atoms with Gasteiger partial charge in [0, 0.05) is 17.8 Å². The summed E-state index contributed by atoms with van der Waals surface area (Å²) in [6, 6.07) is 13.3. The number of halogens is 3. The van der Waals surface area contributed by atoms with Gasteiger partial charge in [-0.2, -0.15) is 0 Å². The molecule has 0 aliphatic heterocycles. The Bertz CT molecular complexity index is 1280. The van der Waals surface area contributed by atoms with Crippen molar-refractivity contribution in [1.82, 2.24) is 0 Å². The van der Waals surface area contributed by atoms with Gasteiger partial charge in [0.1, 0.15) is 0 Å². The normalized spacial score (nSPS) is 11.1. The van der Waals surface area contributed by atoms with Crippen LogP contribution in [0.25, 0.3) is 0 Å². The second kappa shape index (κ2) is 9.11. The first kappa shape index (κ1) is 22.8. The lowest BCUT2D eigenvalue weighted by molar-refractivity contribution is -0.384. The summed E-state index contributed by atoms with van der Waals surface area (Å²) in [5.41, 5.74) is 0.197. The van der Waals surface area contributed by atoms with Gasteiger partial charge in [0.2, 0.25) is 0 Å². The molecule has 0 atom stereocenters. The van der Waals surface area contributed by atoms with E-state index in [1.165, 1.54) is 42.5 Å². The van der Waals surface area contributed by atoms with Crippen LogP contribution < -0.4 is 10.0 Å². The van der Waals surface area contributed by atoms with Crippen molar-refractivity contribution in [2.75, 3.05) is 10.0 Å². The monoisotopic (exact) mass is 499 g/mol. The predicted molar refractivity (Wildman–Crippen MR) is 120 cm³/mol. The molecule has 3 rings (SSSR count). The number of nitro groups is 1. The minimum atomic E-state index is -3.96. The Morgan fingerprint density at radius 3 is 2.23 bits per heavy atom. The lowest BCUT2D eigenvalue weighted by Gasteiger charge is -2.11. The molecule has 0 fully saturated rings. The number of non-ortho nitro benzene ring substituents is 1. The van der Waals surface area contributed by atoms with Gasteiger partial charge in [0.05, 0.1) is 36.1 Å². The number of carbonyl (C=O) groups is 1. The van der Waals surface area contributed by atoms with E-state index in [-0.39, 0.29) is 36.9 Å². The van der Waals surface area contributed by atoms with E-state index in [0.717, 1.165) is 12.1 Å². The molecule has 31 heavy (non-hydrogen) atoms. The Hall–Kier alpha value is -2.85. The van der Waals surface area contributed by atoms with Crippen LogP contribution in [0, 0.1) is 10.1 Å². The number of anilines is 2. The maximum Gasteiger partial charge on any atom is 0.270 e. The minimum absolute atomic E-state index is 0.0289. The molecule has 2 N–H and O–H groups in total. The van der Waals surface area contributed by atoms with E-state index >= 15 is 0 Å². The second-order valence-corrected chi connectivity index (χ2v) is 8.98. The number of nitro benzene ring substituents is 1. The number of rotatable bonds is 6. The van der Waals surface area contributed by atoms with Crippen LogP contribution in [-0.2, 0) is 10.0 Å². The lowest BCUT2D eigenvalue weighted by Crippen LogP contribution is -2.14. The van der Waals surface area contributed by atoms with Crippen molar-refractivity contribution in [1.29, 1.82) is 0 Å². The fourth-order valence-corrected chi connectivity index (χ4v) is 4.24. The number of hydrogen-bond acceptors (Lipinski definition) is 5. The van der Waals surface area contributed by atoms with Crippen LogP contribution in [0.3, 0.4) is 0 Å². The highest BCUT2D eigenvalue weighted by Gasteiger charge is 2.18.